The first-order valence-corrected chi connectivity index (χ1v) is 7.45. The molecule has 2 rings (SSSR count). The number of rotatable bonds is 5. The molecular formula is C15H20ClN3O2. The molecule has 0 aromatic heterocycles. The van der Waals surface area contributed by atoms with Gasteiger partial charge in [-0.2, -0.15) is 0 Å². The number of carbonyl (C=O) groups excluding carboxylic acids is 2. The Morgan fingerprint density at radius 1 is 1.38 bits per heavy atom. The minimum atomic E-state index is -0.999. The van der Waals surface area contributed by atoms with Crippen LogP contribution in [0.4, 0.5) is 4.79 Å². The highest BCUT2D eigenvalue weighted by molar-refractivity contribution is 6.31. The molecule has 21 heavy (non-hydrogen) atoms. The first-order valence-electron chi connectivity index (χ1n) is 7.07. The van der Waals surface area contributed by atoms with Gasteiger partial charge in [0.05, 0.1) is 0 Å². The van der Waals surface area contributed by atoms with E-state index >= 15 is 0 Å². The highest BCUT2D eigenvalue weighted by Crippen LogP contribution is 2.34. The highest BCUT2D eigenvalue weighted by Gasteiger charge is 2.50. The first kappa shape index (κ1) is 15.8. The molecule has 1 aliphatic heterocycles. The van der Waals surface area contributed by atoms with Crippen LogP contribution in [0.3, 0.4) is 0 Å². The van der Waals surface area contributed by atoms with Gasteiger partial charge in [0.25, 0.3) is 5.91 Å². The summed E-state index contributed by atoms with van der Waals surface area (Å²) < 4.78 is 0. The van der Waals surface area contributed by atoms with Crippen molar-refractivity contribution in [1.29, 1.82) is 0 Å². The largest absolute Gasteiger partial charge is 0.330 e. The quantitative estimate of drug-likeness (QED) is 0.818. The topological polar surface area (TPSA) is 75.4 Å². The van der Waals surface area contributed by atoms with Crippen molar-refractivity contribution in [3.8, 4) is 0 Å². The lowest BCUT2D eigenvalue weighted by Crippen LogP contribution is -2.43. The van der Waals surface area contributed by atoms with Crippen LogP contribution >= 0.6 is 11.6 Å². The van der Waals surface area contributed by atoms with E-state index in [0.717, 1.165) is 11.1 Å². The Morgan fingerprint density at radius 2 is 2.10 bits per heavy atom. The lowest BCUT2D eigenvalue weighted by molar-refractivity contribution is -0.131. The van der Waals surface area contributed by atoms with Crippen LogP contribution in [0.2, 0.25) is 5.02 Å². The molecule has 3 amide bonds. The maximum atomic E-state index is 12.7. The average molecular weight is 310 g/mol. The summed E-state index contributed by atoms with van der Waals surface area (Å²) in [6, 6.07) is 5.05. The molecule has 114 valence electrons. The van der Waals surface area contributed by atoms with E-state index < -0.39 is 5.54 Å². The molecule has 5 nitrogen and oxygen atoms in total. The van der Waals surface area contributed by atoms with Crippen LogP contribution in [0, 0.1) is 6.92 Å². The molecule has 1 aliphatic rings. The predicted octanol–water partition coefficient (Wildman–Crippen LogP) is 2.15. The van der Waals surface area contributed by atoms with E-state index in [-0.39, 0.29) is 11.9 Å². The molecule has 0 spiro atoms. The lowest BCUT2D eigenvalue weighted by Gasteiger charge is -2.26. The van der Waals surface area contributed by atoms with Crippen LogP contribution in [-0.2, 0) is 10.3 Å². The SMILES string of the molecule is CCC1(c2ccc(Cl)c(C)c2)NC(=O)N(CCCN)C1=O. The Labute approximate surface area is 129 Å². The van der Waals surface area contributed by atoms with Crippen molar-refractivity contribution in [2.24, 2.45) is 5.73 Å². The van der Waals surface area contributed by atoms with Crippen LogP contribution in [0.15, 0.2) is 18.2 Å². The Hall–Kier alpha value is -1.59. The van der Waals surface area contributed by atoms with Crippen molar-refractivity contribution in [3.05, 3.63) is 34.3 Å². The monoisotopic (exact) mass is 309 g/mol. The summed E-state index contributed by atoms with van der Waals surface area (Å²) in [6.07, 6.45) is 1.08. The second-order valence-electron chi connectivity index (χ2n) is 5.25. The van der Waals surface area contributed by atoms with Gasteiger partial charge in [0.15, 0.2) is 0 Å². The molecule has 1 atom stereocenters. The fourth-order valence-corrected chi connectivity index (χ4v) is 2.75. The minimum Gasteiger partial charge on any atom is -0.330 e. The Morgan fingerprint density at radius 3 is 2.67 bits per heavy atom. The number of nitrogens with zero attached hydrogens (tertiary/aromatic N) is 1. The van der Waals surface area contributed by atoms with Crippen LogP contribution in [0.1, 0.15) is 30.9 Å². The Bertz CT molecular complexity index is 576. The summed E-state index contributed by atoms with van der Waals surface area (Å²) in [5.74, 6) is -0.217. The number of amides is 3. The molecule has 0 saturated carbocycles. The van der Waals surface area contributed by atoms with E-state index in [1.54, 1.807) is 12.1 Å². The fraction of sp³-hybridized carbons (Fsp3) is 0.467. The molecule has 0 radical (unpaired) electrons. The van der Waals surface area contributed by atoms with Gasteiger partial charge in [0.2, 0.25) is 0 Å². The number of halogens is 1. The second kappa shape index (κ2) is 6.03. The number of nitrogens with one attached hydrogen (secondary N) is 1. The average Bonchev–Trinajstić information content (AvgIpc) is 2.72. The summed E-state index contributed by atoms with van der Waals surface area (Å²) in [5.41, 5.74) is 6.11. The van der Waals surface area contributed by atoms with Crippen LogP contribution in [0.25, 0.3) is 0 Å². The van der Waals surface area contributed by atoms with Crippen molar-refractivity contribution < 1.29 is 9.59 Å². The van der Waals surface area contributed by atoms with Crippen LogP contribution in [-0.4, -0.2) is 29.9 Å². The number of aryl methyl sites for hydroxylation is 1. The number of nitrogens with two attached hydrogens (primary N) is 1. The fourth-order valence-electron chi connectivity index (χ4n) is 2.63. The molecule has 1 saturated heterocycles. The molecule has 0 bridgehead atoms. The third-order valence-electron chi connectivity index (χ3n) is 3.94. The van der Waals surface area contributed by atoms with Gasteiger partial charge in [-0.25, -0.2) is 4.79 Å². The van der Waals surface area contributed by atoms with Gasteiger partial charge < -0.3 is 11.1 Å². The van der Waals surface area contributed by atoms with E-state index in [9.17, 15) is 9.59 Å². The Kier molecular flexibility index (Phi) is 4.54. The van der Waals surface area contributed by atoms with Crippen molar-refractivity contribution >= 4 is 23.5 Å². The predicted molar refractivity (Wildman–Crippen MR) is 82.1 cm³/mol. The van der Waals surface area contributed by atoms with Crippen molar-refractivity contribution in [1.82, 2.24) is 10.2 Å². The van der Waals surface area contributed by atoms with Gasteiger partial charge in [-0.1, -0.05) is 30.7 Å². The minimum absolute atomic E-state index is 0.217. The summed E-state index contributed by atoms with van der Waals surface area (Å²) in [6.45, 7) is 4.54. The number of carbonyl (C=O) groups is 2. The maximum absolute atomic E-state index is 12.7. The van der Waals surface area contributed by atoms with Gasteiger partial charge in [0, 0.05) is 11.6 Å². The zero-order valence-corrected chi connectivity index (χ0v) is 13.0. The van der Waals surface area contributed by atoms with Crippen molar-refractivity contribution in [2.75, 3.05) is 13.1 Å². The van der Waals surface area contributed by atoms with Crippen LogP contribution < -0.4 is 11.1 Å². The number of imide groups is 1. The Balaban J connectivity index is 2.40. The molecule has 6 heteroatoms. The molecule has 1 aromatic carbocycles. The van der Waals surface area contributed by atoms with Gasteiger partial charge in [-0.3, -0.25) is 9.69 Å². The van der Waals surface area contributed by atoms with Gasteiger partial charge >= 0.3 is 6.03 Å². The number of urea groups is 1. The van der Waals surface area contributed by atoms with E-state index in [2.05, 4.69) is 5.32 Å². The van der Waals surface area contributed by atoms with Crippen molar-refractivity contribution in [2.45, 2.75) is 32.2 Å². The molecule has 0 aliphatic carbocycles. The highest BCUT2D eigenvalue weighted by atomic mass is 35.5. The molecule has 1 aromatic rings. The molecule has 1 fully saturated rings. The number of hydrogen-bond acceptors (Lipinski definition) is 3. The zero-order valence-electron chi connectivity index (χ0n) is 12.3. The molecule has 3 N–H and O–H groups in total. The van der Waals surface area contributed by atoms with E-state index in [4.69, 9.17) is 17.3 Å². The standard InChI is InChI=1S/C15H20ClN3O2/c1-3-15(11-5-6-12(16)10(2)9-11)13(20)19(8-4-7-17)14(21)18-15/h5-6,9H,3-4,7-8,17H2,1-2H3,(H,18,21). The second-order valence-corrected chi connectivity index (χ2v) is 5.66. The molecule has 1 heterocycles. The summed E-state index contributed by atoms with van der Waals surface area (Å²) in [5, 5.41) is 3.48. The van der Waals surface area contributed by atoms with Gasteiger partial charge in [-0.05, 0) is 43.5 Å². The van der Waals surface area contributed by atoms with E-state index in [1.807, 2.05) is 19.9 Å². The van der Waals surface area contributed by atoms with Crippen molar-refractivity contribution in [3.63, 3.8) is 0 Å². The lowest BCUT2D eigenvalue weighted by atomic mass is 9.86. The first-order chi connectivity index (χ1) is 9.96. The van der Waals surface area contributed by atoms with Crippen LogP contribution in [0.5, 0.6) is 0 Å². The smallest absolute Gasteiger partial charge is 0.325 e. The van der Waals surface area contributed by atoms with E-state index in [0.29, 0.717) is 31.0 Å². The number of hydrogen-bond donors (Lipinski definition) is 2. The summed E-state index contributed by atoms with van der Waals surface area (Å²) in [7, 11) is 0. The number of benzene rings is 1. The zero-order chi connectivity index (χ0) is 15.6. The van der Waals surface area contributed by atoms with Gasteiger partial charge in [-0.15, -0.1) is 0 Å². The summed E-state index contributed by atoms with van der Waals surface area (Å²) in [4.78, 5) is 26.1. The molecule has 1 unspecified atom stereocenters. The van der Waals surface area contributed by atoms with Gasteiger partial charge in [0.1, 0.15) is 5.54 Å². The third-order valence-corrected chi connectivity index (χ3v) is 4.37. The summed E-state index contributed by atoms with van der Waals surface area (Å²) >= 11 is 6.04. The normalized spacial score (nSPS) is 21.8. The third kappa shape index (κ3) is 2.63. The van der Waals surface area contributed by atoms with E-state index in [1.165, 1.54) is 4.90 Å². The maximum Gasteiger partial charge on any atom is 0.325 e. The molecular weight excluding hydrogens is 290 g/mol.